The SMILES string of the molecule is C=CCCc1ccc(-c2cc3ccc(CCC)cc3c(F)c2F)cc1. The van der Waals surface area contributed by atoms with Crippen LogP contribution in [0.25, 0.3) is 21.9 Å². The Bertz CT molecular complexity index is 892. The second-order valence-corrected chi connectivity index (χ2v) is 6.38. The van der Waals surface area contributed by atoms with Crippen LogP contribution in [0.4, 0.5) is 8.78 Å². The Morgan fingerprint density at radius 1 is 0.880 bits per heavy atom. The molecule has 0 aliphatic carbocycles. The highest BCUT2D eigenvalue weighted by Gasteiger charge is 2.15. The van der Waals surface area contributed by atoms with E-state index >= 15 is 0 Å². The van der Waals surface area contributed by atoms with Crippen molar-refractivity contribution in [3.8, 4) is 11.1 Å². The van der Waals surface area contributed by atoms with Crippen molar-refractivity contribution in [2.75, 3.05) is 0 Å². The molecule has 0 bridgehead atoms. The van der Waals surface area contributed by atoms with Gasteiger partial charge in [0.15, 0.2) is 11.6 Å². The predicted molar refractivity (Wildman–Crippen MR) is 102 cm³/mol. The van der Waals surface area contributed by atoms with Gasteiger partial charge in [-0.3, -0.25) is 0 Å². The number of rotatable bonds is 6. The number of allylic oxidation sites excluding steroid dienone is 1. The maximum atomic E-state index is 14.6. The van der Waals surface area contributed by atoms with Gasteiger partial charge in [0.25, 0.3) is 0 Å². The molecule has 0 N–H and O–H groups in total. The molecule has 0 spiro atoms. The van der Waals surface area contributed by atoms with Gasteiger partial charge in [-0.05, 0) is 53.5 Å². The molecule has 128 valence electrons. The van der Waals surface area contributed by atoms with Gasteiger partial charge in [0, 0.05) is 10.9 Å². The van der Waals surface area contributed by atoms with E-state index in [1.807, 2.05) is 42.5 Å². The molecule has 0 aliphatic heterocycles. The van der Waals surface area contributed by atoms with Crippen molar-refractivity contribution in [3.05, 3.63) is 83.9 Å². The van der Waals surface area contributed by atoms with E-state index in [1.165, 1.54) is 0 Å². The third-order valence-corrected chi connectivity index (χ3v) is 4.52. The first kappa shape index (κ1) is 17.3. The maximum Gasteiger partial charge on any atom is 0.167 e. The molecular weight excluding hydrogens is 314 g/mol. The minimum atomic E-state index is -0.778. The zero-order valence-electron chi connectivity index (χ0n) is 14.5. The first-order valence-corrected chi connectivity index (χ1v) is 8.75. The summed E-state index contributed by atoms with van der Waals surface area (Å²) in [5, 5.41) is 1.08. The van der Waals surface area contributed by atoms with Gasteiger partial charge >= 0.3 is 0 Å². The average molecular weight is 336 g/mol. The summed E-state index contributed by atoms with van der Waals surface area (Å²) < 4.78 is 29.3. The summed E-state index contributed by atoms with van der Waals surface area (Å²) in [5.74, 6) is -1.54. The molecule has 0 saturated heterocycles. The molecule has 3 rings (SSSR count). The highest BCUT2D eigenvalue weighted by Crippen LogP contribution is 2.31. The highest BCUT2D eigenvalue weighted by atomic mass is 19.2. The molecule has 0 nitrogen and oxygen atoms in total. The summed E-state index contributed by atoms with van der Waals surface area (Å²) in [4.78, 5) is 0. The van der Waals surface area contributed by atoms with Crippen molar-refractivity contribution >= 4 is 10.8 Å². The number of halogens is 2. The van der Waals surface area contributed by atoms with Crippen LogP contribution < -0.4 is 0 Å². The van der Waals surface area contributed by atoms with Crippen LogP contribution in [0.3, 0.4) is 0 Å². The van der Waals surface area contributed by atoms with Crippen LogP contribution in [-0.2, 0) is 12.8 Å². The topological polar surface area (TPSA) is 0 Å². The fourth-order valence-electron chi connectivity index (χ4n) is 3.15. The van der Waals surface area contributed by atoms with Crippen LogP contribution in [0.15, 0.2) is 61.2 Å². The van der Waals surface area contributed by atoms with E-state index in [1.54, 1.807) is 12.1 Å². The number of hydrogen-bond donors (Lipinski definition) is 0. The number of benzene rings is 3. The van der Waals surface area contributed by atoms with Crippen molar-refractivity contribution < 1.29 is 8.78 Å². The van der Waals surface area contributed by atoms with Crippen molar-refractivity contribution in [1.29, 1.82) is 0 Å². The predicted octanol–water partition coefficient (Wildman–Crippen LogP) is 6.86. The van der Waals surface area contributed by atoms with E-state index in [-0.39, 0.29) is 0 Å². The lowest BCUT2D eigenvalue weighted by atomic mass is 9.96. The molecule has 3 aromatic rings. The summed E-state index contributed by atoms with van der Waals surface area (Å²) >= 11 is 0. The monoisotopic (exact) mass is 336 g/mol. The van der Waals surface area contributed by atoms with Gasteiger partial charge in [0.1, 0.15) is 0 Å². The lowest BCUT2D eigenvalue weighted by molar-refractivity contribution is 0.519. The minimum Gasteiger partial charge on any atom is -0.203 e. The first-order valence-electron chi connectivity index (χ1n) is 8.75. The van der Waals surface area contributed by atoms with Crippen molar-refractivity contribution in [2.45, 2.75) is 32.6 Å². The van der Waals surface area contributed by atoms with Crippen molar-refractivity contribution in [3.63, 3.8) is 0 Å². The molecular formula is C23H22F2. The normalized spacial score (nSPS) is 11.0. The third-order valence-electron chi connectivity index (χ3n) is 4.52. The van der Waals surface area contributed by atoms with Gasteiger partial charge in [0.2, 0.25) is 0 Å². The summed E-state index contributed by atoms with van der Waals surface area (Å²) in [5.41, 5.74) is 3.20. The number of hydrogen-bond acceptors (Lipinski definition) is 0. The van der Waals surface area contributed by atoms with E-state index in [4.69, 9.17) is 0 Å². The lowest BCUT2D eigenvalue weighted by Crippen LogP contribution is -1.94. The molecule has 0 radical (unpaired) electrons. The standard InChI is InChI=1S/C23H22F2/c1-3-5-7-16-8-11-18(12-9-16)21-15-19-13-10-17(6-4-2)14-20(19)22(24)23(21)25/h3,8-15H,1,4-7H2,2H3. The highest BCUT2D eigenvalue weighted by molar-refractivity contribution is 5.88. The van der Waals surface area contributed by atoms with Gasteiger partial charge in [-0.15, -0.1) is 6.58 Å². The Morgan fingerprint density at radius 2 is 1.60 bits per heavy atom. The van der Waals surface area contributed by atoms with Gasteiger partial charge in [0.05, 0.1) is 0 Å². The van der Waals surface area contributed by atoms with Gasteiger partial charge in [-0.1, -0.05) is 55.8 Å². The minimum absolute atomic E-state index is 0.309. The molecule has 2 heteroatoms. The third kappa shape index (κ3) is 3.63. The smallest absolute Gasteiger partial charge is 0.167 e. The van der Waals surface area contributed by atoms with E-state index in [9.17, 15) is 8.78 Å². The van der Waals surface area contributed by atoms with Gasteiger partial charge in [-0.2, -0.15) is 0 Å². The molecule has 0 atom stereocenters. The fourth-order valence-corrected chi connectivity index (χ4v) is 3.15. The summed E-state index contributed by atoms with van der Waals surface area (Å²) in [6.45, 7) is 5.79. The average Bonchev–Trinajstić information content (AvgIpc) is 2.64. The van der Waals surface area contributed by atoms with Crippen LogP contribution in [0, 0.1) is 11.6 Å². The molecule has 0 aromatic heterocycles. The summed E-state index contributed by atoms with van der Waals surface area (Å²) in [6, 6.07) is 15.0. The van der Waals surface area contributed by atoms with Crippen LogP contribution in [0.5, 0.6) is 0 Å². The Balaban J connectivity index is 2.03. The van der Waals surface area contributed by atoms with Crippen LogP contribution in [0.2, 0.25) is 0 Å². The van der Waals surface area contributed by atoms with Gasteiger partial charge < -0.3 is 0 Å². The van der Waals surface area contributed by atoms with E-state index in [2.05, 4.69) is 13.5 Å². The Kier molecular flexibility index (Phi) is 5.28. The molecule has 0 amide bonds. The van der Waals surface area contributed by atoms with Crippen LogP contribution in [0.1, 0.15) is 30.9 Å². The molecule has 0 saturated carbocycles. The molecule has 0 heterocycles. The zero-order valence-corrected chi connectivity index (χ0v) is 14.5. The Hall–Kier alpha value is -2.48. The van der Waals surface area contributed by atoms with Crippen molar-refractivity contribution in [2.24, 2.45) is 0 Å². The van der Waals surface area contributed by atoms with E-state index < -0.39 is 11.6 Å². The van der Waals surface area contributed by atoms with Crippen LogP contribution in [-0.4, -0.2) is 0 Å². The molecule has 0 unspecified atom stereocenters. The number of aryl methyl sites for hydroxylation is 2. The Morgan fingerprint density at radius 3 is 2.28 bits per heavy atom. The zero-order chi connectivity index (χ0) is 17.8. The van der Waals surface area contributed by atoms with E-state index in [0.717, 1.165) is 42.2 Å². The first-order chi connectivity index (χ1) is 12.1. The summed E-state index contributed by atoms with van der Waals surface area (Å²) in [7, 11) is 0. The van der Waals surface area contributed by atoms with Crippen LogP contribution >= 0.6 is 0 Å². The second-order valence-electron chi connectivity index (χ2n) is 6.38. The van der Waals surface area contributed by atoms with Gasteiger partial charge in [-0.25, -0.2) is 8.78 Å². The molecule has 3 aromatic carbocycles. The van der Waals surface area contributed by atoms with E-state index in [0.29, 0.717) is 16.5 Å². The fraction of sp³-hybridized carbons (Fsp3) is 0.217. The van der Waals surface area contributed by atoms with Crippen molar-refractivity contribution in [1.82, 2.24) is 0 Å². The Labute approximate surface area is 147 Å². The second kappa shape index (κ2) is 7.60. The molecule has 25 heavy (non-hydrogen) atoms. The molecule has 0 aliphatic rings. The lowest BCUT2D eigenvalue weighted by Gasteiger charge is -2.10. The maximum absolute atomic E-state index is 14.6. The quantitative estimate of drug-likeness (QED) is 0.431. The summed E-state index contributed by atoms with van der Waals surface area (Å²) in [6.07, 6.45) is 5.52. The largest absolute Gasteiger partial charge is 0.203 e. The molecule has 0 fully saturated rings. The number of fused-ring (bicyclic) bond motifs is 1.